The molecule has 0 saturated carbocycles. The van der Waals surface area contributed by atoms with Gasteiger partial charge in [0.25, 0.3) is 5.91 Å². The maximum Gasteiger partial charge on any atom is 0.401 e. The van der Waals surface area contributed by atoms with Gasteiger partial charge in [0.1, 0.15) is 12.6 Å². The second-order valence-corrected chi connectivity index (χ2v) is 5.92. The topological polar surface area (TPSA) is 87.9 Å². The lowest BCUT2D eigenvalue weighted by molar-refractivity contribution is -0.150. The van der Waals surface area contributed by atoms with Gasteiger partial charge in [0.05, 0.1) is 13.2 Å². The first kappa shape index (κ1) is 20.1. The third-order valence-electron chi connectivity index (χ3n) is 3.92. The van der Waals surface area contributed by atoms with Crippen molar-refractivity contribution in [2.75, 3.05) is 50.1 Å². The van der Waals surface area contributed by atoms with E-state index in [0.29, 0.717) is 24.5 Å². The number of carbonyl (C=O) groups excluding carboxylic acids is 2. The molecule has 2 amide bonds. The van der Waals surface area contributed by atoms with Crippen LogP contribution in [0.4, 0.5) is 24.5 Å². The average Bonchev–Trinajstić information content (AvgIpc) is 2.55. The van der Waals surface area contributed by atoms with Gasteiger partial charge in [-0.05, 0) is 31.3 Å². The van der Waals surface area contributed by atoms with E-state index in [9.17, 15) is 22.8 Å². The Hall–Kier alpha value is -2.17. The van der Waals surface area contributed by atoms with Gasteiger partial charge in [-0.2, -0.15) is 13.2 Å². The first-order valence-corrected chi connectivity index (χ1v) is 7.97. The number of hydrogen-bond donors (Lipinski definition) is 2. The zero-order valence-electron chi connectivity index (χ0n) is 14.3. The summed E-state index contributed by atoms with van der Waals surface area (Å²) in [4.78, 5) is 26.4. The SMILES string of the molecule is CN(CC(F)(F)F)[C@H](CN)C(=O)Nc1ccc(N2CCOCC2=O)cc1. The van der Waals surface area contributed by atoms with Crippen LogP contribution in [0.2, 0.25) is 0 Å². The third kappa shape index (κ3) is 5.41. The number of likely N-dealkylation sites (N-methyl/N-ethyl adjacent to an activating group) is 1. The fraction of sp³-hybridized carbons (Fsp3) is 0.500. The maximum absolute atomic E-state index is 12.5. The van der Waals surface area contributed by atoms with Gasteiger partial charge >= 0.3 is 6.18 Å². The molecule has 1 aliphatic heterocycles. The highest BCUT2D eigenvalue weighted by Crippen LogP contribution is 2.21. The third-order valence-corrected chi connectivity index (χ3v) is 3.92. The van der Waals surface area contributed by atoms with E-state index in [2.05, 4.69) is 5.32 Å². The number of nitrogens with zero attached hydrogens (tertiary/aromatic N) is 2. The smallest absolute Gasteiger partial charge is 0.370 e. The van der Waals surface area contributed by atoms with Gasteiger partial charge in [-0.15, -0.1) is 0 Å². The van der Waals surface area contributed by atoms with Crippen LogP contribution >= 0.6 is 0 Å². The van der Waals surface area contributed by atoms with Gasteiger partial charge in [0.15, 0.2) is 0 Å². The van der Waals surface area contributed by atoms with Crippen LogP contribution in [-0.2, 0) is 14.3 Å². The van der Waals surface area contributed by atoms with Gasteiger partial charge in [-0.25, -0.2) is 0 Å². The first-order valence-electron chi connectivity index (χ1n) is 7.97. The zero-order chi connectivity index (χ0) is 19.3. The van der Waals surface area contributed by atoms with Crippen LogP contribution < -0.4 is 16.0 Å². The van der Waals surface area contributed by atoms with Crippen molar-refractivity contribution in [3.05, 3.63) is 24.3 Å². The van der Waals surface area contributed by atoms with Crippen molar-refractivity contribution in [3.8, 4) is 0 Å². The largest absolute Gasteiger partial charge is 0.401 e. The summed E-state index contributed by atoms with van der Waals surface area (Å²) in [6.07, 6.45) is -4.42. The second-order valence-electron chi connectivity index (χ2n) is 5.92. The summed E-state index contributed by atoms with van der Waals surface area (Å²) in [5, 5.41) is 2.54. The number of morpholine rings is 1. The summed E-state index contributed by atoms with van der Waals surface area (Å²) in [5.74, 6) is -0.792. The summed E-state index contributed by atoms with van der Waals surface area (Å²) in [5.41, 5.74) is 6.51. The molecule has 1 saturated heterocycles. The molecule has 0 bridgehead atoms. The Balaban J connectivity index is 2.00. The number of ether oxygens (including phenoxy) is 1. The number of benzene rings is 1. The molecule has 1 fully saturated rings. The molecule has 0 radical (unpaired) electrons. The van der Waals surface area contributed by atoms with Crippen molar-refractivity contribution in [3.63, 3.8) is 0 Å². The quantitative estimate of drug-likeness (QED) is 0.770. The van der Waals surface area contributed by atoms with Gasteiger partial charge in [0, 0.05) is 24.5 Å². The number of rotatable bonds is 6. The first-order chi connectivity index (χ1) is 12.2. The Morgan fingerprint density at radius 2 is 2.04 bits per heavy atom. The van der Waals surface area contributed by atoms with Crippen LogP contribution in [-0.4, -0.2) is 68.8 Å². The average molecular weight is 374 g/mol. The monoisotopic (exact) mass is 374 g/mol. The van der Waals surface area contributed by atoms with Crippen LogP contribution in [0, 0.1) is 0 Å². The Bertz CT molecular complexity index is 637. The number of amides is 2. The molecule has 0 spiro atoms. The van der Waals surface area contributed by atoms with E-state index in [1.165, 1.54) is 7.05 Å². The summed E-state index contributed by atoms with van der Waals surface area (Å²) < 4.78 is 42.5. The zero-order valence-corrected chi connectivity index (χ0v) is 14.3. The molecule has 0 aromatic heterocycles. The van der Waals surface area contributed by atoms with Crippen LogP contribution in [0.3, 0.4) is 0 Å². The minimum Gasteiger partial charge on any atom is -0.370 e. The standard InChI is InChI=1S/C16H21F3N4O3/c1-22(10-16(17,18)19)13(8-20)15(25)21-11-2-4-12(5-3-11)23-6-7-26-9-14(23)24/h2-5,13H,6-10,20H2,1H3,(H,21,25)/t13-/m1/s1. The molecule has 26 heavy (non-hydrogen) atoms. The van der Waals surface area contributed by atoms with E-state index in [1.807, 2.05) is 0 Å². The molecule has 1 atom stereocenters. The molecule has 0 aliphatic carbocycles. The van der Waals surface area contributed by atoms with Crippen molar-refractivity contribution in [1.29, 1.82) is 0 Å². The van der Waals surface area contributed by atoms with E-state index < -0.39 is 24.7 Å². The molecule has 7 nitrogen and oxygen atoms in total. The van der Waals surface area contributed by atoms with Crippen molar-refractivity contribution in [1.82, 2.24) is 4.90 Å². The lowest BCUT2D eigenvalue weighted by Gasteiger charge is -2.27. The minimum atomic E-state index is -4.42. The van der Waals surface area contributed by atoms with Crippen LogP contribution in [0.15, 0.2) is 24.3 Å². The van der Waals surface area contributed by atoms with Crippen LogP contribution in [0.1, 0.15) is 0 Å². The molecular formula is C16H21F3N4O3. The normalized spacial score (nSPS) is 16.7. The molecule has 1 aliphatic rings. The lowest BCUT2D eigenvalue weighted by atomic mass is 10.2. The van der Waals surface area contributed by atoms with Gasteiger partial charge in [-0.1, -0.05) is 0 Å². The molecule has 1 aromatic rings. The minimum absolute atomic E-state index is 0.0161. The second kappa shape index (κ2) is 8.47. The number of anilines is 2. The fourth-order valence-electron chi connectivity index (χ4n) is 2.62. The summed E-state index contributed by atoms with van der Waals surface area (Å²) >= 11 is 0. The molecule has 0 unspecified atom stereocenters. The van der Waals surface area contributed by atoms with Crippen LogP contribution in [0.5, 0.6) is 0 Å². The van der Waals surface area contributed by atoms with Gasteiger partial charge in [0.2, 0.25) is 5.91 Å². The van der Waals surface area contributed by atoms with Crippen molar-refractivity contribution < 1.29 is 27.5 Å². The lowest BCUT2D eigenvalue weighted by Crippen LogP contribution is -2.49. The van der Waals surface area contributed by atoms with Gasteiger partial charge < -0.3 is 20.7 Å². The van der Waals surface area contributed by atoms with Crippen molar-refractivity contribution in [2.45, 2.75) is 12.2 Å². The maximum atomic E-state index is 12.5. The molecule has 1 aromatic carbocycles. The Kier molecular flexibility index (Phi) is 6.57. The Morgan fingerprint density at radius 3 is 2.58 bits per heavy atom. The number of nitrogens with one attached hydrogen (secondary N) is 1. The number of carbonyl (C=O) groups is 2. The molecule has 2 rings (SSSR count). The van der Waals surface area contributed by atoms with Crippen molar-refractivity contribution in [2.24, 2.45) is 5.73 Å². The molecular weight excluding hydrogens is 353 g/mol. The highest BCUT2D eigenvalue weighted by Gasteiger charge is 2.34. The Morgan fingerprint density at radius 1 is 1.38 bits per heavy atom. The van der Waals surface area contributed by atoms with Crippen LogP contribution in [0.25, 0.3) is 0 Å². The van der Waals surface area contributed by atoms with E-state index in [-0.39, 0.29) is 19.1 Å². The summed E-state index contributed by atoms with van der Waals surface area (Å²) in [7, 11) is 1.19. The predicted octanol–water partition coefficient (Wildman–Crippen LogP) is 0.810. The van der Waals surface area contributed by atoms with E-state index >= 15 is 0 Å². The summed E-state index contributed by atoms with van der Waals surface area (Å²) in [6.45, 7) is -0.600. The van der Waals surface area contributed by atoms with Gasteiger partial charge in [-0.3, -0.25) is 14.5 Å². The predicted molar refractivity (Wildman–Crippen MR) is 89.8 cm³/mol. The molecule has 1 heterocycles. The number of alkyl halides is 3. The number of nitrogens with two attached hydrogens (primary N) is 1. The van der Waals surface area contributed by atoms with E-state index in [1.54, 1.807) is 29.2 Å². The van der Waals surface area contributed by atoms with E-state index in [4.69, 9.17) is 10.5 Å². The highest BCUT2D eigenvalue weighted by atomic mass is 19.4. The highest BCUT2D eigenvalue weighted by molar-refractivity contribution is 5.97. The number of halogens is 3. The number of hydrogen-bond acceptors (Lipinski definition) is 5. The Labute approximate surface area is 148 Å². The fourth-order valence-corrected chi connectivity index (χ4v) is 2.62. The van der Waals surface area contributed by atoms with Crippen molar-refractivity contribution >= 4 is 23.2 Å². The molecule has 3 N–H and O–H groups in total. The molecule has 144 valence electrons. The van der Waals surface area contributed by atoms with E-state index in [0.717, 1.165) is 4.90 Å². The molecule has 10 heteroatoms. The summed E-state index contributed by atoms with van der Waals surface area (Å²) in [6, 6.07) is 5.34.